The van der Waals surface area contributed by atoms with E-state index in [0.717, 1.165) is 24.5 Å². The van der Waals surface area contributed by atoms with Gasteiger partial charge < -0.3 is 15.4 Å². The van der Waals surface area contributed by atoms with Crippen LogP contribution in [0.3, 0.4) is 0 Å². The van der Waals surface area contributed by atoms with Gasteiger partial charge in [0.05, 0.1) is 13.2 Å². The molecule has 0 heterocycles. The zero-order valence-electron chi connectivity index (χ0n) is 12.0. The third-order valence-corrected chi connectivity index (χ3v) is 2.50. The van der Waals surface area contributed by atoms with Crippen LogP contribution in [0.5, 0.6) is 0 Å². The summed E-state index contributed by atoms with van der Waals surface area (Å²) in [7, 11) is 1.65. The Morgan fingerprint density at radius 2 is 2.15 bits per heavy atom. The molecule has 20 heavy (non-hydrogen) atoms. The first-order chi connectivity index (χ1) is 9.26. The minimum atomic E-state index is -0.196. The van der Waals surface area contributed by atoms with Gasteiger partial charge in [-0.1, -0.05) is 12.1 Å². The average Bonchev–Trinajstić information content (AvgIpc) is 2.39. The molecule has 4 nitrogen and oxygen atoms in total. The van der Waals surface area contributed by atoms with Crippen LogP contribution in [-0.2, 0) is 11.2 Å². The van der Waals surface area contributed by atoms with E-state index < -0.39 is 0 Å². The second-order valence-electron chi connectivity index (χ2n) is 4.06. The molecule has 114 valence electrons. The van der Waals surface area contributed by atoms with Crippen molar-refractivity contribution < 1.29 is 9.13 Å². The first-order valence-corrected chi connectivity index (χ1v) is 6.51. The molecule has 0 aliphatic carbocycles. The van der Waals surface area contributed by atoms with E-state index in [-0.39, 0.29) is 29.8 Å². The number of guanidine groups is 1. The molecule has 0 aliphatic heterocycles. The maximum atomic E-state index is 13.0. The van der Waals surface area contributed by atoms with E-state index in [1.807, 2.05) is 13.0 Å². The van der Waals surface area contributed by atoms with E-state index in [0.29, 0.717) is 19.7 Å². The van der Waals surface area contributed by atoms with Crippen LogP contribution in [0.4, 0.5) is 4.39 Å². The third-order valence-electron chi connectivity index (χ3n) is 2.50. The molecule has 1 rings (SSSR count). The molecule has 0 amide bonds. The topological polar surface area (TPSA) is 45.7 Å². The van der Waals surface area contributed by atoms with Crippen molar-refractivity contribution in [1.82, 2.24) is 10.6 Å². The molecular weight excluding hydrogens is 372 g/mol. The summed E-state index contributed by atoms with van der Waals surface area (Å²) in [6.45, 7) is 4.74. The third kappa shape index (κ3) is 8.31. The lowest BCUT2D eigenvalue weighted by atomic mass is 10.1. The Hall–Kier alpha value is -0.890. The lowest BCUT2D eigenvalue weighted by Crippen LogP contribution is -2.38. The first kappa shape index (κ1) is 19.1. The molecule has 0 fully saturated rings. The Balaban J connectivity index is 0.00000361. The number of halogens is 2. The second kappa shape index (κ2) is 11.9. The summed E-state index contributed by atoms with van der Waals surface area (Å²) in [5.74, 6) is 0.564. The minimum Gasteiger partial charge on any atom is -0.383 e. The van der Waals surface area contributed by atoms with Crippen molar-refractivity contribution in [3.8, 4) is 0 Å². The molecule has 2 N–H and O–H groups in total. The van der Waals surface area contributed by atoms with Crippen LogP contribution in [0.1, 0.15) is 12.5 Å². The molecule has 0 saturated carbocycles. The van der Waals surface area contributed by atoms with Gasteiger partial charge in [0, 0.05) is 20.2 Å². The number of rotatable bonds is 7. The molecule has 0 aliphatic rings. The Morgan fingerprint density at radius 1 is 1.35 bits per heavy atom. The van der Waals surface area contributed by atoms with E-state index in [9.17, 15) is 4.39 Å². The molecule has 0 radical (unpaired) electrons. The molecule has 0 unspecified atom stereocenters. The first-order valence-electron chi connectivity index (χ1n) is 6.51. The monoisotopic (exact) mass is 395 g/mol. The fourth-order valence-electron chi connectivity index (χ4n) is 1.61. The summed E-state index contributed by atoms with van der Waals surface area (Å²) >= 11 is 0. The van der Waals surface area contributed by atoms with Crippen LogP contribution in [0.2, 0.25) is 0 Å². The van der Waals surface area contributed by atoms with Crippen molar-refractivity contribution in [2.45, 2.75) is 13.3 Å². The van der Waals surface area contributed by atoms with Crippen molar-refractivity contribution in [3.63, 3.8) is 0 Å². The number of nitrogens with zero attached hydrogens (tertiary/aromatic N) is 1. The smallest absolute Gasteiger partial charge is 0.191 e. The standard InChI is InChI=1S/C14H22FN3O.HI/c1-3-16-14(18-9-10-19-2)17-8-7-12-5-4-6-13(15)11-12;/h4-6,11H,3,7-10H2,1-2H3,(H2,16,17,18);1H. The van der Waals surface area contributed by atoms with Gasteiger partial charge in [0.2, 0.25) is 0 Å². The van der Waals surface area contributed by atoms with E-state index in [1.165, 1.54) is 6.07 Å². The van der Waals surface area contributed by atoms with Gasteiger partial charge in [-0.05, 0) is 31.0 Å². The van der Waals surface area contributed by atoms with Gasteiger partial charge in [0.1, 0.15) is 5.82 Å². The van der Waals surface area contributed by atoms with Crippen LogP contribution in [0.15, 0.2) is 29.3 Å². The molecule has 0 atom stereocenters. The minimum absolute atomic E-state index is 0. The molecule has 6 heteroatoms. The van der Waals surface area contributed by atoms with E-state index in [1.54, 1.807) is 19.2 Å². The van der Waals surface area contributed by atoms with Crippen LogP contribution < -0.4 is 10.6 Å². The highest BCUT2D eigenvalue weighted by Crippen LogP contribution is 2.03. The van der Waals surface area contributed by atoms with Gasteiger partial charge in [0.15, 0.2) is 5.96 Å². The summed E-state index contributed by atoms with van der Waals surface area (Å²) < 4.78 is 18.0. The molecule has 0 saturated heterocycles. The number of hydrogen-bond donors (Lipinski definition) is 2. The zero-order valence-corrected chi connectivity index (χ0v) is 14.3. The highest BCUT2D eigenvalue weighted by Gasteiger charge is 1.98. The number of ether oxygens (including phenoxy) is 1. The summed E-state index contributed by atoms with van der Waals surface area (Å²) in [5.41, 5.74) is 0.972. The summed E-state index contributed by atoms with van der Waals surface area (Å²) in [6, 6.07) is 6.65. The van der Waals surface area contributed by atoms with Crippen molar-refractivity contribution >= 4 is 29.9 Å². The van der Waals surface area contributed by atoms with E-state index in [4.69, 9.17) is 4.74 Å². The molecular formula is C14H23FIN3O. The Morgan fingerprint density at radius 3 is 2.80 bits per heavy atom. The number of hydrogen-bond acceptors (Lipinski definition) is 2. The maximum absolute atomic E-state index is 13.0. The van der Waals surface area contributed by atoms with Crippen LogP contribution in [0.25, 0.3) is 0 Å². The largest absolute Gasteiger partial charge is 0.383 e. The number of methoxy groups -OCH3 is 1. The van der Waals surface area contributed by atoms with Crippen molar-refractivity contribution in [1.29, 1.82) is 0 Å². The quantitative estimate of drug-likeness (QED) is 0.322. The molecule has 1 aromatic carbocycles. The predicted octanol–water partition coefficient (Wildman–Crippen LogP) is 2.19. The zero-order chi connectivity index (χ0) is 13.9. The van der Waals surface area contributed by atoms with Gasteiger partial charge in [0.25, 0.3) is 0 Å². The highest BCUT2D eigenvalue weighted by atomic mass is 127. The molecule has 0 aromatic heterocycles. The SMILES string of the molecule is CCNC(=NCCOC)NCCc1cccc(F)c1.I. The summed E-state index contributed by atoms with van der Waals surface area (Å²) in [4.78, 5) is 4.35. The van der Waals surface area contributed by atoms with Crippen LogP contribution >= 0.6 is 24.0 Å². The Bertz CT molecular complexity index is 402. The van der Waals surface area contributed by atoms with Gasteiger partial charge in [-0.3, -0.25) is 4.99 Å². The van der Waals surface area contributed by atoms with E-state index >= 15 is 0 Å². The molecule has 0 spiro atoms. The molecule has 0 bridgehead atoms. The van der Waals surface area contributed by atoms with Crippen LogP contribution in [-0.4, -0.2) is 39.3 Å². The number of benzene rings is 1. The fraction of sp³-hybridized carbons (Fsp3) is 0.500. The van der Waals surface area contributed by atoms with E-state index in [2.05, 4.69) is 15.6 Å². The van der Waals surface area contributed by atoms with Gasteiger partial charge >= 0.3 is 0 Å². The summed E-state index contributed by atoms with van der Waals surface area (Å²) in [5, 5.41) is 6.36. The highest BCUT2D eigenvalue weighted by molar-refractivity contribution is 14.0. The van der Waals surface area contributed by atoms with Crippen molar-refractivity contribution in [2.75, 3.05) is 33.4 Å². The lowest BCUT2D eigenvalue weighted by molar-refractivity contribution is 0.208. The average molecular weight is 395 g/mol. The maximum Gasteiger partial charge on any atom is 0.191 e. The van der Waals surface area contributed by atoms with Crippen LogP contribution in [0, 0.1) is 5.82 Å². The van der Waals surface area contributed by atoms with Gasteiger partial charge in [-0.2, -0.15) is 0 Å². The van der Waals surface area contributed by atoms with Gasteiger partial charge in [-0.25, -0.2) is 4.39 Å². The molecule has 1 aromatic rings. The van der Waals surface area contributed by atoms with Crippen molar-refractivity contribution in [2.24, 2.45) is 4.99 Å². The summed E-state index contributed by atoms with van der Waals surface area (Å²) in [6.07, 6.45) is 0.756. The van der Waals surface area contributed by atoms with Gasteiger partial charge in [-0.15, -0.1) is 24.0 Å². The Kier molecular flexibility index (Phi) is 11.4. The number of nitrogens with one attached hydrogen (secondary N) is 2. The lowest BCUT2D eigenvalue weighted by Gasteiger charge is -2.11. The second-order valence-corrected chi connectivity index (χ2v) is 4.06. The number of aliphatic imine (C=N–C) groups is 1. The van der Waals surface area contributed by atoms with Crippen molar-refractivity contribution in [3.05, 3.63) is 35.6 Å². The fourth-order valence-corrected chi connectivity index (χ4v) is 1.61. The normalized spacial score (nSPS) is 10.8. The Labute approximate surface area is 137 Å². The predicted molar refractivity (Wildman–Crippen MR) is 91.4 cm³/mol.